The lowest BCUT2D eigenvalue weighted by Crippen LogP contribution is -2.25. The van der Waals surface area contributed by atoms with Gasteiger partial charge < -0.3 is 10.6 Å². The van der Waals surface area contributed by atoms with Crippen LogP contribution < -0.4 is 10.6 Å². The smallest absolute Gasteiger partial charge is 0.0208 e. The van der Waals surface area contributed by atoms with Crippen LogP contribution in [0.4, 0.5) is 0 Å². The van der Waals surface area contributed by atoms with Crippen molar-refractivity contribution in [2.75, 3.05) is 13.1 Å². The third-order valence-corrected chi connectivity index (χ3v) is 4.69. The molecular formula is C16H24N2. The van der Waals surface area contributed by atoms with Gasteiger partial charge >= 0.3 is 0 Å². The van der Waals surface area contributed by atoms with Gasteiger partial charge in [0.1, 0.15) is 0 Å². The van der Waals surface area contributed by atoms with E-state index in [2.05, 4.69) is 35.8 Å². The summed E-state index contributed by atoms with van der Waals surface area (Å²) in [4.78, 5) is 0. The van der Waals surface area contributed by atoms with Gasteiger partial charge in [-0.1, -0.05) is 25.1 Å². The molecular weight excluding hydrogens is 220 g/mol. The van der Waals surface area contributed by atoms with E-state index in [0.29, 0.717) is 5.41 Å². The molecule has 1 aliphatic carbocycles. The first-order chi connectivity index (χ1) is 8.81. The van der Waals surface area contributed by atoms with Gasteiger partial charge in [0.15, 0.2) is 0 Å². The Morgan fingerprint density at radius 1 is 1.28 bits per heavy atom. The second-order valence-electron chi connectivity index (χ2n) is 5.99. The van der Waals surface area contributed by atoms with Gasteiger partial charge in [0.05, 0.1) is 0 Å². The number of benzene rings is 1. The van der Waals surface area contributed by atoms with Crippen LogP contribution in [0.3, 0.4) is 0 Å². The summed E-state index contributed by atoms with van der Waals surface area (Å²) in [6.45, 7) is 6.71. The van der Waals surface area contributed by atoms with Gasteiger partial charge in [-0.15, -0.1) is 0 Å². The Morgan fingerprint density at radius 3 is 2.94 bits per heavy atom. The maximum absolute atomic E-state index is 3.64. The number of hydrogen-bond acceptors (Lipinski definition) is 2. The van der Waals surface area contributed by atoms with Gasteiger partial charge in [-0.2, -0.15) is 0 Å². The van der Waals surface area contributed by atoms with E-state index >= 15 is 0 Å². The molecule has 98 valence electrons. The number of hydrogen-bond donors (Lipinski definition) is 2. The van der Waals surface area contributed by atoms with Crippen LogP contribution in [0.2, 0.25) is 0 Å². The van der Waals surface area contributed by atoms with Crippen molar-refractivity contribution in [3.05, 3.63) is 34.9 Å². The molecule has 0 atom stereocenters. The maximum Gasteiger partial charge on any atom is 0.0208 e. The van der Waals surface area contributed by atoms with Crippen molar-refractivity contribution in [1.29, 1.82) is 0 Å². The molecule has 2 heteroatoms. The Morgan fingerprint density at radius 2 is 2.17 bits per heavy atom. The summed E-state index contributed by atoms with van der Waals surface area (Å²) in [6.07, 6.45) is 5.35. The van der Waals surface area contributed by atoms with E-state index in [-0.39, 0.29) is 0 Å². The summed E-state index contributed by atoms with van der Waals surface area (Å²) in [6, 6.07) is 6.99. The molecule has 1 saturated carbocycles. The van der Waals surface area contributed by atoms with Gasteiger partial charge in [0.2, 0.25) is 0 Å². The maximum atomic E-state index is 3.64. The second-order valence-corrected chi connectivity index (χ2v) is 5.99. The largest absolute Gasteiger partial charge is 0.312 e. The van der Waals surface area contributed by atoms with Crippen LogP contribution >= 0.6 is 0 Å². The predicted molar refractivity (Wildman–Crippen MR) is 75.5 cm³/mol. The molecule has 0 bridgehead atoms. The summed E-state index contributed by atoms with van der Waals surface area (Å²) in [5.74, 6) is 0. The second kappa shape index (κ2) is 5.02. The average Bonchev–Trinajstić information content (AvgIpc) is 3.19. The van der Waals surface area contributed by atoms with E-state index in [1.54, 1.807) is 0 Å². The molecule has 2 aliphatic rings. The molecule has 2 N–H and O–H groups in total. The molecule has 0 unspecified atom stereocenters. The molecule has 1 aliphatic heterocycles. The Hall–Kier alpha value is -0.860. The van der Waals surface area contributed by atoms with Crippen LogP contribution in [0.5, 0.6) is 0 Å². The number of rotatable bonds is 5. The fourth-order valence-corrected chi connectivity index (χ4v) is 2.95. The zero-order valence-corrected chi connectivity index (χ0v) is 11.4. The van der Waals surface area contributed by atoms with Gasteiger partial charge in [0, 0.05) is 19.6 Å². The number of fused-ring (bicyclic) bond motifs is 1. The molecule has 1 fully saturated rings. The lowest BCUT2D eigenvalue weighted by Gasteiger charge is -2.18. The monoisotopic (exact) mass is 244 g/mol. The highest BCUT2D eigenvalue weighted by Crippen LogP contribution is 2.47. The van der Waals surface area contributed by atoms with Crippen LogP contribution in [0.1, 0.15) is 42.9 Å². The lowest BCUT2D eigenvalue weighted by atomic mass is 9.98. The first kappa shape index (κ1) is 12.2. The third kappa shape index (κ3) is 2.60. The zero-order chi connectivity index (χ0) is 12.4. The summed E-state index contributed by atoms with van der Waals surface area (Å²) in [7, 11) is 0. The average molecular weight is 244 g/mol. The lowest BCUT2D eigenvalue weighted by molar-refractivity contribution is 0.443. The highest BCUT2D eigenvalue weighted by molar-refractivity contribution is 5.33. The van der Waals surface area contributed by atoms with Crippen molar-refractivity contribution in [2.24, 2.45) is 5.41 Å². The fourth-order valence-electron chi connectivity index (χ4n) is 2.95. The van der Waals surface area contributed by atoms with Crippen molar-refractivity contribution in [3.63, 3.8) is 0 Å². The number of nitrogens with one attached hydrogen (secondary N) is 2. The first-order valence-electron chi connectivity index (χ1n) is 7.33. The molecule has 1 heterocycles. The molecule has 0 radical (unpaired) electrons. The molecule has 0 amide bonds. The summed E-state index contributed by atoms with van der Waals surface area (Å²) < 4.78 is 0. The van der Waals surface area contributed by atoms with Crippen molar-refractivity contribution in [2.45, 2.75) is 45.7 Å². The summed E-state index contributed by atoms with van der Waals surface area (Å²) >= 11 is 0. The minimum atomic E-state index is 0.649. The molecule has 1 aromatic rings. The Labute approximate surface area is 110 Å². The van der Waals surface area contributed by atoms with Gasteiger partial charge in [-0.3, -0.25) is 0 Å². The van der Waals surface area contributed by atoms with E-state index in [0.717, 1.165) is 19.6 Å². The minimum Gasteiger partial charge on any atom is -0.312 e. The van der Waals surface area contributed by atoms with Gasteiger partial charge in [0.25, 0.3) is 0 Å². The summed E-state index contributed by atoms with van der Waals surface area (Å²) in [5.41, 5.74) is 5.11. The van der Waals surface area contributed by atoms with Crippen molar-refractivity contribution in [3.8, 4) is 0 Å². The SMILES string of the molecule is CCC1(CNCc2ccc3c(c2)CNCC3)CC1. The zero-order valence-electron chi connectivity index (χ0n) is 11.4. The quantitative estimate of drug-likeness (QED) is 0.832. The van der Waals surface area contributed by atoms with Gasteiger partial charge in [-0.25, -0.2) is 0 Å². The Kier molecular flexibility index (Phi) is 3.40. The molecule has 0 aromatic heterocycles. The van der Waals surface area contributed by atoms with Crippen molar-refractivity contribution in [1.82, 2.24) is 10.6 Å². The standard InChI is InChI=1S/C16H24N2/c1-2-16(6-7-16)12-18-10-13-3-4-14-5-8-17-11-15(14)9-13/h3-4,9,17-18H,2,5-8,10-12H2,1H3. The van der Waals surface area contributed by atoms with Crippen LogP contribution in [0.25, 0.3) is 0 Å². The van der Waals surface area contributed by atoms with Crippen molar-refractivity contribution >= 4 is 0 Å². The highest BCUT2D eigenvalue weighted by Gasteiger charge is 2.39. The highest BCUT2D eigenvalue weighted by atomic mass is 14.9. The topological polar surface area (TPSA) is 24.1 Å². The third-order valence-electron chi connectivity index (χ3n) is 4.69. The predicted octanol–water partition coefficient (Wildman–Crippen LogP) is 2.61. The normalized spacial score (nSPS) is 20.5. The van der Waals surface area contributed by atoms with Crippen LogP contribution in [-0.2, 0) is 19.5 Å². The van der Waals surface area contributed by atoms with E-state index < -0.39 is 0 Å². The molecule has 3 rings (SSSR count). The van der Waals surface area contributed by atoms with E-state index in [1.165, 1.54) is 48.9 Å². The Bertz CT molecular complexity index is 421. The molecule has 1 aromatic carbocycles. The van der Waals surface area contributed by atoms with E-state index in [4.69, 9.17) is 0 Å². The minimum absolute atomic E-state index is 0.649. The van der Waals surface area contributed by atoms with Crippen LogP contribution in [0, 0.1) is 5.41 Å². The molecule has 18 heavy (non-hydrogen) atoms. The van der Waals surface area contributed by atoms with Gasteiger partial charge in [-0.05, 0) is 54.3 Å². The first-order valence-corrected chi connectivity index (χ1v) is 7.33. The molecule has 0 saturated heterocycles. The van der Waals surface area contributed by atoms with Crippen LogP contribution in [0.15, 0.2) is 18.2 Å². The fraction of sp³-hybridized carbons (Fsp3) is 0.625. The van der Waals surface area contributed by atoms with E-state index in [9.17, 15) is 0 Å². The molecule has 2 nitrogen and oxygen atoms in total. The summed E-state index contributed by atoms with van der Waals surface area (Å²) in [5, 5.41) is 7.09. The van der Waals surface area contributed by atoms with E-state index in [1.807, 2.05) is 0 Å². The van der Waals surface area contributed by atoms with Crippen molar-refractivity contribution < 1.29 is 0 Å². The molecule has 0 spiro atoms. The van der Waals surface area contributed by atoms with Crippen LogP contribution in [-0.4, -0.2) is 13.1 Å². The Balaban J connectivity index is 1.56.